The van der Waals surface area contributed by atoms with Crippen LogP contribution in [-0.4, -0.2) is 30.3 Å². The summed E-state index contributed by atoms with van der Waals surface area (Å²) in [5, 5.41) is 0. The van der Waals surface area contributed by atoms with Crippen LogP contribution in [-0.2, 0) is 35.1 Å². The molecule has 3 aromatic carbocycles. The molecule has 3 aromatic rings. The lowest BCUT2D eigenvalue weighted by Crippen LogP contribution is -2.50. The molecule has 4 aliphatic carbocycles. The fourth-order valence-corrected chi connectivity index (χ4v) is 7.78. The van der Waals surface area contributed by atoms with Gasteiger partial charge in [0.05, 0.1) is 24.7 Å². The molecule has 4 bridgehead atoms. The van der Waals surface area contributed by atoms with Crippen molar-refractivity contribution >= 4 is 11.8 Å². The number of fused-ring (bicyclic) bond motifs is 1. The molecule has 0 aromatic heterocycles. The van der Waals surface area contributed by atoms with Gasteiger partial charge >= 0.3 is 5.97 Å². The Hall–Kier alpha value is -3.32. The summed E-state index contributed by atoms with van der Waals surface area (Å²) < 4.78 is 25.7. The van der Waals surface area contributed by atoms with Crippen LogP contribution in [0.2, 0.25) is 0 Å². The maximum atomic E-state index is 13.9. The van der Waals surface area contributed by atoms with Gasteiger partial charge in [-0.15, -0.1) is 0 Å². The van der Waals surface area contributed by atoms with Crippen LogP contribution < -0.4 is 0 Å². The lowest BCUT2D eigenvalue weighted by atomic mass is 9.69. The maximum Gasteiger partial charge on any atom is 0.316 e. The van der Waals surface area contributed by atoms with Crippen LogP contribution in [0.25, 0.3) is 0 Å². The van der Waals surface area contributed by atoms with E-state index in [0.717, 1.165) is 16.7 Å². The monoisotopic (exact) mass is 524 g/mol. The summed E-state index contributed by atoms with van der Waals surface area (Å²) in [6.07, 6.45) is -0.194. The van der Waals surface area contributed by atoms with Crippen LogP contribution >= 0.6 is 0 Å². The molecular weight excluding hydrogens is 492 g/mol. The average molecular weight is 525 g/mol. The van der Waals surface area contributed by atoms with Crippen molar-refractivity contribution in [3.63, 3.8) is 0 Å². The van der Waals surface area contributed by atoms with Crippen molar-refractivity contribution in [1.82, 2.24) is 0 Å². The Kier molecular flexibility index (Phi) is 5.96. The van der Waals surface area contributed by atoms with Crippen molar-refractivity contribution in [2.75, 3.05) is 6.61 Å². The Balaban J connectivity index is 1.27. The summed E-state index contributed by atoms with van der Waals surface area (Å²) in [5.41, 5.74) is 0.996. The van der Waals surface area contributed by atoms with Gasteiger partial charge in [0.1, 0.15) is 23.4 Å². The quantitative estimate of drug-likeness (QED) is 0.358. The smallest absolute Gasteiger partial charge is 0.316 e. The predicted molar refractivity (Wildman–Crippen MR) is 142 cm³/mol. The Labute approximate surface area is 228 Å². The number of hydrogen-bond acceptors (Lipinski definition) is 6. The lowest BCUT2D eigenvalue weighted by molar-refractivity contribution is -0.192. The van der Waals surface area contributed by atoms with Crippen LogP contribution in [0.4, 0.5) is 0 Å². The summed E-state index contributed by atoms with van der Waals surface area (Å²) in [6.45, 7) is 2.36. The van der Waals surface area contributed by atoms with E-state index in [0.29, 0.717) is 19.4 Å². The van der Waals surface area contributed by atoms with E-state index in [1.165, 1.54) is 0 Å². The van der Waals surface area contributed by atoms with E-state index in [2.05, 4.69) is 0 Å². The summed E-state index contributed by atoms with van der Waals surface area (Å²) in [6, 6.07) is 29.9. The van der Waals surface area contributed by atoms with Crippen molar-refractivity contribution in [3.05, 3.63) is 108 Å². The summed E-state index contributed by atoms with van der Waals surface area (Å²) >= 11 is 0. The molecule has 5 fully saturated rings. The first kappa shape index (κ1) is 24.7. The van der Waals surface area contributed by atoms with E-state index in [-0.39, 0.29) is 36.5 Å². The van der Waals surface area contributed by atoms with Gasteiger partial charge in [-0.3, -0.25) is 9.59 Å². The van der Waals surface area contributed by atoms with Crippen LogP contribution in [0.1, 0.15) is 48.7 Å². The minimum absolute atomic E-state index is 0.0824. The second-order valence-electron chi connectivity index (χ2n) is 11.1. The van der Waals surface area contributed by atoms with Gasteiger partial charge in [-0.25, -0.2) is 0 Å². The molecule has 6 nitrogen and oxygen atoms in total. The Morgan fingerprint density at radius 1 is 0.872 bits per heavy atom. The molecule has 1 saturated heterocycles. The summed E-state index contributed by atoms with van der Waals surface area (Å²) in [7, 11) is 0. The second kappa shape index (κ2) is 9.40. The van der Waals surface area contributed by atoms with Crippen molar-refractivity contribution in [1.29, 1.82) is 0 Å². The highest BCUT2D eigenvalue weighted by atomic mass is 16.7. The number of carbonyl (C=O) groups is 2. The molecule has 6 heteroatoms. The number of Topliss-reactive ketones (excluding diaryl/α,β-unsaturated/α-hetero) is 1. The van der Waals surface area contributed by atoms with Gasteiger partial charge in [0, 0.05) is 11.8 Å². The van der Waals surface area contributed by atoms with Gasteiger partial charge in [0.2, 0.25) is 0 Å². The number of ketones is 1. The average Bonchev–Trinajstić information content (AvgIpc) is 3.24. The number of ether oxygens (including phenoxy) is 4. The molecular formula is C33H32O6. The van der Waals surface area contributed by atoms with Crippen molar-refractivity contribution in [3.8, 4) is 0 Å². The molecule has 0 N–H and O–H groups in total. The standard InChI is InChI=1S/C33H32O6/c1-2-36-31(35)33-25(24-18-19-32(33,29(33)26(24)34)37-20-21-12-6-3-7-13-21)30-38-27(22-14-8-4-9-15-22)28(39-30)23-16-10-5-11-17-23/h3-17,24-25,27-30H,2,18-20H2,1H3/t24-,25-,27+,28+,29-,32+,33+/m1/s1. The van der Waals surface area contributed by atoms with E-state index in [1.54, 1.807) is 6.92 Å². The maximum absolute atomic E-state index is 13.9. The zero-order chi connectivity index (χ0) is 26.6. The Morgan fingerprint density at radius 2 is 1.44 bits per heavy atom. The van der Waals surface area contributed by atoms with Crippen molar-refractivity contribution in [2.24, 2.45) is 23.2 Å². The third-order valence-corrected chi connectivity index (χ3v) is 9.31. The molecule has 200 valence electrons. The molecule has 8 rings (SSSR count). The Bertz CT molecular complexity index is 1310. The zero-order valence-electron chi connectivity index (χ0n) is 21.9. The van der Waals surface area contributed by atoms with Gasteiger partial charge < -0.3 is 18.9 Å². The van der Waals surface area contributed by atoms with Gasteiger partial charge in [0.15, 0.2) is 6.29 Å². The van der Waals surface area contributed by atoms with Gasteiger partial charge in [0.25, 0.3) is 0 Å². The molecule has 7 atom stereocenters. The molecule has 1 heterocycles. The van der Waals surface area contributed by atoms with Gasteiger partial charge in [-0.05, 0) is 36.5 Å². The number of benzene rings is 3. The van der Waals surface area contributed by atoms with E-state index in [9.17, 15) is 9.59 Å². The summed E-state index contributed by atoms with van der Waals surface area (Å²) in [4.78, 5) is 27.7. The van der Waals surface area contributed by atoms with Crippen molar-refractivity contribution < 1.29 is 28.5 Å². The molecule has 5 aliphatic rings. The molecule has 4 saturated carbocycles. The molecule has 0 unspecified atom stereocenters. The number of rotatable bonds is 8. The first-order valence-corrected chi connectivity index (χ1v) is 13.9. The molecule has 0 amide bonds. The normalized spacial score (nSPS) is 34.7. The van der Waals surface area contributed by atoms with Crippen molar-refractivity contribution in [2.45, 2.75) is 50.5 Å². The van der Waals surface area contributed by atoms with E-state index >= 15 is 0 Å². The topological polar surface area (TPSA) is 71.1 Å². The Morgan fingerprint density at radius 3 is 2.00 bits per heavy atom. The third kappa shape index (κ3) is 3.51. The zero-order valence-corrected chi connectivity index (χ0v) is 21.9. The van der Waals surface area contributed by atoms with Crippen LogP contribution in [0.5, 0.6) is 0 Å². The van der Waals surface area contributed by atoms with E-state index in [1.807, 2.05) is 91.0 Å². The predicted octanol–water partition coefficient (Wildman–Crippen LogP) is 5.59. The molecule has 0 spiro atoms. The number of carbonyl (C=O) groups excluding carboxylic acids is 2. The van der Waals surface area contributed by atoms with Crippen LogP contribution in [0.3, 0.4) is 0 Å². The fourth-order valence-electron chi connectivity index (χ4n) is 7.78. The minimum atomic E-state index is -1.10. The highest BCUT2D eigenvalue weighted by Gasteiger charge is 2.95. The fraction of sp³-hybridized carbons (Fsp3) is 0.394. The number of esters is 1. The SMILES string of the molecule is CCOC(=O)[C@@]12[C@@H](C3O[C@@H](c4ccccc4)[C@H](c4ccccc4)O3)[C@H]3CC[C@]1(OCc1ccccc1)[C@H]2C3=O. The van der Waals surface area contributed by atoms with Gasteiger partial charge in [-0.2, -0.15) is 0 Å². The second-order valence-corrected chi connectivity index (χ2v) is 11.1. The first-order valence-electron chi connectivity index (χ1n) is 13.9. The van der Waals surface area contributed by atoms with Gasteiger partial charge in [-0.1, -0.05) is 91.0 Å². The molecule has 0 radical (unpaired) electrons. The summed E-state index contributed by atoms with van der Waals surface area (Å²) in [5.74, 6) is -1.61. The van der Waals surface area contributed by atoms with E-state index < -0.39 is 29.1 Å². The highest BCUT2D eigenvalue weighted by Crippen LogP contribution is 2.82. The highest BCUT2D eigenvalue weighted by molar-refractivity contribution is 6.05. The largest absolute Gasteiger partial charge is 0.465 e. The van der Waals surface area contributed by atoms with E-state index in [4.69, 9.17) is 18.9 Å². The minimum Gasteiger partial charge on any atom is -0.465 e. The number of hydrogen-bond donors (Lipinski definition) is 0. The van der Waals surface area contributed by atoms with Crippen LogP contribution in [0.15, 0.2) is 91.0 Å². The lowest BCUT2D eigenvalue weighted by Gasteiger charge is -2.41. The third-order valence-electron chi connectivity index (χ3n) is 9.31. The first-order chi connectivity index (χ1) is 19.1. The van der Waals surface area contributed by atoms with Crippen LogP contribution in [0, 0.1) is 23.2 Å². The molecule has 1 aliphatic heterocycles. The molecule has 39 heavy (non-hydrogen) atoms.